The lowest BCUT2D eigenvalue weighted by molar-refractivity contribution is 0.147. The molecule has 2 aromatic rings. The highest BCUT2D eigenvalue weighted by molar-refractivity contribution is 5.85. The molecule has 0 radical (unpaired) electrons. The number of hydrogen-bond acceptors (Lipinski definition) is 6. The molecule has 0 saturated carbocycles. The highest BCUT2D eigenvalue weighted by atomic mass is 35.5. The van der Waals surface area contributed by atoms with Gasteiger partial charge in [-0.1, -0.05) is 24.3 Å². The molecule has 2 atom stereocenters. The number of hydrogen-bond donors (Lipinski definition) is 6. The molecule has 0 aromatic heterocycles. The molecule has 2 unspecified atom stereocenters. The second-order valence-electron chi connectivity index (χ2n) is 9.25. The first-order valence-corrected chi connectivity index (χ1v) is 10.4. The Balaban J connectivity index is 0.00000480. The first kappa shape index (κ1) is 30.5. The van der Waals surface area contributed by atoms with E-state index in [4.69, 9.17) is 0 Å². The number of aliphatic hydroxyl groups is 2. The summed E-state index contributed by atoms with van der Waals surface area (Å²) in [6, 6.07) is 13.3. The van der Waals surface area contributed by atoms with Crippen LogP contribution < -0.4 is 10.6 Å². The molecule has 6 N–H and O–H groups in total. The Morgan fingerprint density at radius 2 is 1.03 bits per heavy atom. The van der Waals surface area contributed by atoms with Gasteiger partial charge in [0, 0.05) is 24.2 Å². The zero-order valence-electron chi connectivity index (χ0n) is 19.2. The van der Waals surface area contributed by atoms with Crippen molar-refractivity contribution in [3.63, 3.8) is 0 Å². The summed E-state index contributed by atoms with van der Waals surface area (Å²) in [4.78, 5) is 0. The number of nitrogens with one attached hydrogen (secondary N) is 2. The van der Waals surface area contributed by atoms with Crippen LogP contribution in [0.3, 0.4) is 0 Å². The number of aliphatic hydroxyl groups excluding tert-OH is 2. The van der Waals surface area contributed by atoms with Crippen molar-refractivity contribution >= 4 is 24.8 Å². The molecule has 2 rings (SSSR count). The summed E-state index contributed by atoms with van der Waals surface area (Å²) < 4.78 is 0. The van der Waals surface area contributed by atoms with E-state index in [0.29, 0.717) is 24.2 Å². The van der Waals surface area contributed by atoms with Crippen LogP contribution in [-0.2, 0) is 0 Å². The standard InChI is InChI=1S/C24H36N2O4.2ClH/c1-23(2,25-15-21(29)17-7-5-9-19(27)13-17)11-12-24(3,4)26-16-22(30)18-8-6-10-20(28)14-18;;/h5-10,13-14,21-22,25-30H,11-12,15-16H2,1-4H3;2*1H. The van der Waals surface area contributed by atoms with Crippen molar-refractivity contribution in [2.75, 3.05) is 13.1 Å². The minimum Gasteiger partial charge on any atom is -0.508 e. The molecule has 0 heterocycles. The molecule has 0 aliphatic heterocycles. The largest absolute Gasteiger partial charge is 0.508 e. The van der Waals surface area contributed by atoms with E-state index in [2.05, 4.69) is 38.3 Å². The van der Waals surface area contributed by atoms with Gasteiger partial charge in [-0.15, -0.1) is 24.8 Å². The highest BCUT2D eigenvalue weighted by Crippen LogP contribution is 2.23. The Morgan fingerprint density at radius 3 is 1.34 bits per heavy atom. The predicted octanol–water partition coefficient (Wildman–Crippen LogP) is 4.23. The van der Waals surface area contributed by atoms with Crippen molar-refractivity contribution in [1.29, 1.82) is 0 Å². The van der Waals surface area contributed by atoms with Gasteiger partial charge in [0.25, 0.3) is 0 Å². The zero-order valence-corrected chi connectivity index (χ0v) is 20.8. The van der Waals surface area contributed by atoms with Crippen molar-refractivity contribution in [1.82, 2.24) is 10.6 Å². The maximum absolute atomic E-state index is 10.4. The molecule has 0 saturated heterocycles. The van der Waals surface area contributed by atoms with Crippen LogP contribution in [0.15, 0.2) is 48.5 Å². The van der Waals surface area contributed by atoms with E-state index < -0.39 is 12.2 Å². The number of aromatic hydroxyl groups is 2. The SMILES string of the molecule is CC(C)(CCC(C)(C)NCC(O)c1cccc(O)c1)NCC(O)c1cccc(O)c1.Cl.Cl. The molecule has 0 amide bonds. The average molecular weight is 489 g/mol. The molecule has 0 bridgehead atoms. The fraction of sp³-hybridized carbons (Fsp3) is 0.500. The van der Waals surface area contributed by atoms with Gasteiger partial charge < -0.3 is 31.1 Å². The number of phenolic OH excluding ortho intramolecular Hbond substituents is 2. The average Bonchev–Trinajstić information content (AvgIpc) is 2.69. The lowest BCUT2D eigenvalue weighted by atomic mass is 9.89. The van der Waals surface area contributed by atoms with Crippen molar-refractivity contribution in [2.45, 2.75) is 63.8 Å². The van der Waals surface area contributed by atoms with E-state index in [9.17, 15) is 20.4 Å². The maximum Gasteiger partial charge on any atom is 0.115 e. The fourth-order valence-electron chi connectivity index (χ4n) is 3.25. The number of phenols is 2. The van der Waals surface area contributed by atoms with Gasteiger partial charge in [-0.25, -0.2) is 0 Å². The Labute approximate surface area is 203 Å². The van der Waals surface area contributed by atoms with Gasteiger partial charge >= 0.3 is 0 Å². The molecule has 8 heteroatoms. The molecule has 2 aromatic carbocycles. The van der Waals surface area contributed by atoms with E-state index in [0.717, 1.165) is 12.8 Å². The van der Waals surface area contributed by atoms with Crippen LogP contribution in [0.25, 0.3) is 0 Å². The third-order valence-corrected chi connectivity index (χ3v) is 5.43. The topological polar surface area (TPSA) is 105 Å². The minimum atomic E-state index is -0.694. The Kier molecular flexibility index (Phi) is 12.6. The van der Waals surface area contributed by atoms with E-state index >= 15 is 0 Å². The van der Waals surface area contributed by atoms with Crippen LogP contribution in [0.1, 0.15) is 63.9 Å². The minimum absolute atomic E-state index is 0. The van der Waals surface area contributed by atoms with E-state index in [-0.39, 0.29) is 47.4 Å². The summed E-state index contributed by atoms with van der Waals surface area (Å²) in [5.74, 6) is 0.290. The highest BCUT2D eigenvalue weighted by Gasteiger charge is 2.25. The number of rotatable bonds is 11. The quantitative estimate of drug-likeness (QED) is 0.282. The summed E-state index contributed by atoms with van der Waals surface area (Å²) in [5, 5.41) is 46.7. The molecular weight excluding hydrogens is 451 g/mol. The van der Waals surface area contributed by atoms with Crippen LogP contribution >= 0.6 is 24.8 Å². The predicted molar refractivity (Wildman–Crippen MR) is 134 cm³/mol. The van der Waals surface area contributed by atoms with Crippen molar-refractivity contribution in [3.8, 4) is 11.5 Å². The van der Waals surface area contributed by atoms with Gasteiger partial charge in [0.2, 0.25) is 0 Å². The lowest BCUT2D eigenvalue weighted by Crippen LogP contribution is -2.46. The molecule has 0 aliphatic rings. The summed E-state index contributed by atoms with van der Waals surface area (Å²) in [7, 11) is 0. The second kappa shape index (κ2) is 13.2. The second-order valence-corrected chi connectivity index (χ2v) is 9.25. The Hall–Kier alpha value is -1.54. The van der Waals surface area contributed by atoms with Gasteiger partial charge in [0.05, 0.1) is 12.2 Å². The Bertz CT molecular complexity index is 751. The van der Waals surface area contributed by atoms with E-state index in [1.165, 1.54) is 0 Å². The number of halogens is 2. The fourth-order valence-corrected chi connectivity index (χ4v) is 3.25. The number of benzene rings is 2. The van der Waals surface area contributed by atoms with Gasteiger partial charge in [-0.2, -0.15) is 0 Å². The smallest absolute Gasteiger partial charge is 0.115 e. The first-order valence-electron chi connectivity index (χ1n) is 10.4. The van der Waals surface area contributed by atoms with Crippen molar-refractivity contribution in [3.05, 3.63) is 59.7 Å². The number of β-amino-alcohol motifs (C(OH)–C–C–N with tert-alkyl or cyclic N) is 2. The Morgan fingerprint density at radius 1 is 0.688 bits per heavy atom. The molecule has 182 valence electrons. The van der Waals surface area contributed by atoms with Crippen LogP contribution in [0.2, 0.25) is 0 Å². The molecule has 6 nitrogen and oxygen atoms in total. The van der Waals surface area contributed by atoms with Crippen molar-refractivity contribution in [2.24, 2.45) is 0 Å². The molecule has 0 aliphatic carbocycles. The van der Waals surface area contributed by atoms with Crippen molar-refractivity contribution < 1.29 is 20.4 Å². The summed E-state index contributed by atoms with van der Waals surface area (Å²) >= 11 is 0. The molecule has 0 spiro atoms. The molecular formula is C24H38Cl2N2O4. The van der Waals surface area contributed by atoms with E-state index in [1.807, 2.05) is 0 Å². The van der Waals surface area contributed by atoms with E-state index in [1.54, 1.807) is 48.5 Å². The normalized spacial score (nSPS) is 13.6. The lowest BCUT2D eigenvalue weighted by Gasteiger charge is -2.34. The summed E-state index contributed by atoms with van der Waals surface area (Å²) in [5.41, 5.74) is 0.976. The maximum atomic E-state index is 10.4. The van der Waals surface area contributed by atoms with Crippen LogP contribution in [0.4, 0.5) is 0 Å². The van der Waals surface area contributed by atoms with Crippen LogP contribution in [0.5, 0.6) is 11.5 Å². The van der Waals surface area contributed by atoms with Gasteiger partial charge in [-0.3, -0.25) is 0 Å². The molecule has 32 heavy (non-hydrogen) atoms. The molecule has 0 fully saturated rings. The zero-order chi connectivity index (χ0) is 22.4. The summed E-state index contributed by atoms with van der Waals surface area (Å²) in [6.45, 7) is 9.17. The monoisotopic (exact) mass is 488 g/mol. The van der Waals surface area contributed by atoms with Crippen LogP contribution in [-0.4, -0.2) is 44.6 Å². The van der Waals surface area contributed by atoms with Gasteiger partial charge in [0.1, 0.15) is 11.5 Å². The third-order valence-electron chi connectivity index (χ3n) is 5.43. The van der Waals surface area contributed by atoms with Gasteiger partial charge in [0.15, 0.2) is 0 Å². The van der Waals surface area contributed by atoms with Crippen LogP contribution in [0, 0.1) is 0 Å². The summed E-state index contributed by atoms with van der Waals surface area (Å²) in [6.07, 6.45) is 0.337. The first-order chi connectivity index (χ1) is 14.0. The third kappa shape index (κ3) is 10.4. The van der Waals surface area contributed by atoms with Gasteiger partial charge in [-0.05, 0) is 75.9 Å².